The molecule has 18 heavy (non-hydrogen) atoms. The molecular formula is C11H14ClN5S. The van der Waals surface area contributed by atoms with E-state index in [1.54, 1.807) is 15.6 Å². The van der Waals surface area contributed by atoms with E-state index in [2.05, 4.69) is 10.2 Å². The molecule has 0 bridgehead atoms. The van der Waals surface area contributed by atoms with Crippen LogP contribution in [0.1, 0.15) is 23.9 Å². The van der Waals surface area contributed by atoms with Gasteiger partial charge in [-0.2, -0.15) is 10.2 Å². The van der Waals surface area contributed by atoms with Crippen LogP contribution in [0.2, 0.25) is 5.02 Å². The molecule has 2 aromatic rings. The molecule has 0 aromatic carbocycles. The molecule has 0 saturated carbocycles. The Labute approximate surface area is 116 Å². The Hall–Kier alpha value is -1.40. The van der Waals surface area contributed by atoms with Crippen LogP contribution < -0.4 is 5.73 Å². The Bertz CT molecular complexity index is 613. The largest absolute Gasteiger partial charge is 0.389 e. The van der Waals surface area contributed by atoms with Gasteiger partial charge in [0, 0.05) is 7.05 Å². The summed E-state index contributed by atoms with van der Waals surface area (Å²) in [6, 6.07) is 0. The first-order valence-corrected chi connectivity index (χ1v) is 6.32. The average Bonchev–Trinajstić information content (AvgIpc) is 2.80. The number of thiocarbonyl (C=S) groups is 1. The Kier molecular flexibility index (Phi) is 3.41. The lowest BCUT2D eigenvalue weighted by molar-refractivity contribution is 0.694. The van der Waals surface area contributed by atoms with Crippen molar-refractivity contribution < 1.29 is 0 Å². The summed E-state index contributed by atoms with van der Waals surface area (Å²) in [4.78, 5) is 0.321. The van der Waals surface area contributed by atoms with E-state index in [1.807, 2.05) is 20.9 Å². The van der Waals surface area contributed by atoms with Gasteiger partial charge in [-0.1, -0.05) is 30.7 Å². The monoisotopic (exact) mass is 283 g/mol. The Morgan fingerprint density at radius 2 is 2.22 bits per heavy atom. The minimum absolute atomic E-state index is 0.321. The second-order valence-corrected chi connectivity index (χ2v) is 4.80. The van der Waals surface area contributed by atoms with Crippen molar-refractivity contribution in [3.63, 3.8) is 0 Å². The first kappa shape index (κ1) is 13.0. The predicted molar refractivity (Wildman–Crippen MR) is 75.3 cm³/mol. The molecular weight excluding hydrogens is 270 g/mol. The second kappa shape index (κ2) is 4.70. The number of aromatic nitrogens is 4. The second-order valence-electron chi connectivity index (χ2n) is 3.98. The molecule has 96 valence electrons. The zero-order chi connectivity index (χ0) is 13.4. The Balaban J connectivity index is 2.59. The summed E-state index contributed by atoms with van der Waals surface area (Å²) in [5, 5.41) is 9.24. The fourth-order valence-electron chi connectivity index (χ4n) is 1.90. The summed E-state index contributed by atoms with van der Waals surface area (Å²) in [6.45, 7) is 3.92. The molecule has 2 heterocycles. The van der Waals surface area contributed by atoms with Gasteiger partial charge in [0.15, 0.2) is 5.82 Å². The number of nitrogens with two attached hydrogens (primary N) is 1. The quantitative estimate of drug-likeness (QED) is 0.872. The van der Waals surface area contributed by atoms with Gasteiger partial charge in [0.2, 0.25) is 0 Å². The van der Waals surface area contributed by atoms with Crippen molar-refractivity contribution in [1.82, 2.24) is 19.6 Å². The van der Waals surface area contributed by atoms with Gasteiger partial charge in [0.1, 0.15) is 10.0 Å². The van der Waals surface area contributed by atoms with Crippen LogP contribution in [-0.2, 0) is 13.5 Å². The molecule has 2 rings (SSSR count). The van der Waals surface area contributed by atoms with Crippen molar-refractivity contribution in [2.75, 3.05) is 0 Å². The van der Waals surface area contributed by atoms with E-state index in [0.29, 0.717) is 15.8 Å². The number of halogens is 1. The van der Waals surface area contributed by atoms with Gasteiger partial charge in [-0.05, 0) is 13.3 Å². The third-order valence-electron chi connectivity index (χ3n) is 2.90. The minimum atomic E-state index is 0.321. The van der Waals surface area contributed by atoms with E-state index in [9.17, 15) is 0 Å². The van der Waals surface area contributed by atoms with Crippen LogP contribution in [0.5, 0.6) is 0 Å². The highest BCUT2D eigenvalue weighted by Crippen LogP contribution is 2.25. The lowest BCUT2D eigenvalue weighted by Gasteiger charge is -2.01. The van der Waals surface area contributed by atoms with Crippen molar-refractivity contribution in [3.05, 3.63) is 28.2 Å². The fraction of sp³-hybridized carbons (Fsp3) is 0.364. The van der Waals surface area contributed by atoms with E-state index in [0.717, 1.165) is 23.4 Å². The zero-order valence-corrected chi connectivity index (χ0v) is 12.0. The molecule has 0 saturated heterocycles. The van der Waals surface area contributed by atoms with Crippen molar-refractivity contribution >= 4 is 28.8 Å². The van der Waals surface area contributed by atoms with Crippen LogP contribution in [0.3, 0.4) is 0 Å². The zero-order valence-electron chi connectivity index (χ0n) is 10.4. The molecule has 0 radical (unpaired) electrons. The van der Waals surface area contributed by atoms with Gasteiger partial charge in [-0.15, -0.1) is 0 Å². The molecule has 7 heteroatoms. The van der Waals surface area contributed by atoms with Gasteiger partial charge in [0.25, 0.3) is 0 Å². The normalized spacial score (nSPS) is 10.9. The van der Waals surface area contributed by atoms with Crippen LogP contribution in [0.25, 0.3) is 5.82 Å². The molecule has 0 unspecified atom stereocenters. The maximum absolute atomic E-state index is 6.32. The number of hydrogen-bond donors (Lipinski definition) is 1. The Morgan fingerprint density at radius 3 is 2.67 bits per heavy atom. The highest BCUT2D eigenvalue weighted by molar-refractivity contribution is 7.80. The number of rotatable bonds is 3. The number of hydrogen-bond acceptors (Lipinski definition) is 3. The third-order valence-corrected chi connectivity index (χ3v) is 3.50. The molecule has 0 aliphatic heterocycles. The first-order chi connectivity index (χ1) is 8.47. The summed E-state index contributed by atoms with van der Waals surface area (Å²) >= 11 is 11.3. The Morgan fingerprint density at radius 1 is 1.56 bits per heavy atom. The molecule has 0 spiro atoms. The molecule has 5 nitrogen and oxygen atoms in total. The van der Waals surface area contributed by atoms with Crippen LogP contribution in [0.15, 0.2) is 6.20 Å². The van der Waals surface area contributed by atoms with Crippen molar-refractivity contribution in [2.45, 2.75) is 20.3 Å². The lowest BCUT2D eigenvalue weighted by atomic mass is 10.2. The summed E-state index contributed by atoms with van der Waals surface area (Å²) in [5.41, 5.74) is 8.17. The first-order valence-electron chi connectivity index (χ1n) is 5.53. The topological polar surface area (TPSA) is 61.7 Å². The van der Waals surface area contributed by atoms with Crippen molar-refractivity contribution in [3.8, 4) is 5.82 Å². The van der Waals surface area contributed by atoms with Gasteiger partial charge in [-0.25, -0.2) is 4.68 Å². The highest BCUT2D eigenvalue weighted by atomic mass is 35.5. The van der Waals surface area contributed by atoms with Crippen molar-refractivity contribution in [2.24, 2.45) is 12.8 Å². The highest BCUT2D eigenvalue weighted by Gasteiger charge is 2.18. The summed E-state index contributed by atoms with van der Waals surface area (Å²) in [5.74, 6) is 0.607. The van der Waals surface area contributed by atoms with Gasteiger partial charge in [-0.3, -0.25) is 4.68 Å². The summed E-state index contributed by atoms with van der Waals surface area (Å²) < 4.78 is 3.43. The molecule has 0 fully saturated rings. The molecule has 2 aromatic heterocycles. The SMILES string of the molecule is CCc1c(Cl)c(-n2ncc(C(N)=S)c2C)nn1C. The number of aryl methyl sites for hydroxylation is 1. The van der Waals surface area contributed by atoms with Crippen LogP contribution >= 0.6 is 23.8 Å². The van der Waals surface area contributed by atoms with E-state index in [4.69, 9.17) is 29.6 Å². The average molecular weight is 284 g/mol. The molecule has 0 atom stereocenters. The predicted octanol–water partition coefficient (Wildman–Crippen LogP) is 1.76. The number of nitrogens with zero attached hydrogens (tertiary/aromatic N) is 4. The molecule has 0 aliphatic carbocycles. The summed E-state index contributed by atoms with van der Waals surface area (Å²) in [7, 11) is 1.86. The van der Waals surface area contributed by atoms with E-state index in [-0.39, 0.29) is 0 Å². The van der Waals surface area contributed by atoms with Crippen molar-refractivity contribution in [1.29, 1.82) is 0 Å². The summed E-state index contributed by atoms with van der Waals surface area (Å²) in [6.07, 6.45) is 2.44. The van der Waals surface area contributed by atoms with Gasteiger partial charge < -0.3 is 5.73 Å². The van der Waals surface area contributed by atoms with Gasteiger partial charge in [0.05, 0.1) is 23.1 Å². The van der Waals surface area contributed by atoms with Gasteiger partial charge >= 0.3 is 0 Å². The van der Waals surface area contributed by atoms with E-state index in [1.165, 1.54) is 0 Å². The standard InChI is InChI=1S/C11H14ClN5S/c1-4-8-9(12)11(15-16(8)3)17-6(2)7(5-14-17)10(13)18/h5H,4H2,1-3H3,(H2,13,18). The minimum Gasteiger partial charge on any atom is -0.389 e. The molecule has 0 aliphatic rings. The lowest BCUT2D eigenvalue weighted by Crippen LogP contribution is -2.11. The van der Waals surface area contributed by atoms with Crippen LogP contribution in [0.4, 0.5) is 0 Å². The van der Waals surface area contributed by atoms with E-state index >= 15 is 0 Å². The molecule has 0 amide bonds. The maximum Gasteiger partial charge on any atom is 0.194 e. The fourth-order valence-corrected chi connectivity index (χ4v) is 2.48. The smallest absolute Gasteiger partial charge is 0.194 e. The van der Waals surface area contributed by atoms with E-state index < -0.39 is 0 Å². The molecule has 2 N–H and O–H groups in total. The van der Waals surface area contributed by atoms with Crippen LogP contribution in [0, 0.1) is 6.92 Å². The third kappa shape index (κ3) is 1.91. The van der Waals surface area contributed by atoms with Crippen LogP contribution in [-0.4, -0.2) is 24.5 Å². The maximum atomic E-state index is 6.32.